The van der Waals surface area contributed by atoms with Crippen molar-refractivity contribution in [2.45, 2.75) is 19.8 Å². The van der Waals surface area contributed by atoms with Crippen LogP contribution in [0.2, 0.25) is 0 Å². The molecule has 0 aromatic heterocycles. The Morgan fingerprint density at radius 3 is 2.57 bits per heavy atom. The smallest absolute Gasteiger partial charge is 0.259 e. The van der Waals surface area contributed by atoms with Gasteiger partial charge in [-0.05, 0) is 48.9 Å². The number of ether oxygens (including phenoxy) is 2. The molecule has 0 atom stereocenters. The molecule has 5 heteroatoms. The Morgan fingerprint density at radius 1 is 1.17 bits per heavy atom. The quantitative estimate of drug-likeness (QED) is 0.698. The Balaban J connectivity index is 2.14. The topological polar surface area (TPSA) is 47.6 Å². The van der Waals surface area contributed by atoms with Crippen molar-refractivity contribution in [2.75, 3.05) is 19.0 Å². The largest absolute Gasteiger partial charge is 0.497 e. The molecule has 0 saturated heterocycles. The van der Waals surface area contributed by atoms with Gasteiger partial charge < -0.3 is 14.8 Å². The molecule has 2 rings (SSSR count). The summed E-state index contributed by atoms with van der Waals surface area (Å²) in [6.45, 7) is 2.70. The molecule has 0 bridgehead atoms. The van der Waals surface area contributed by atoms with Crippen molar-refractivity contribution in [3.8, 4) is 11.5 Å². The highest BCUT2D eigenvalue weighted by Crippen LogP contribution is 2.25. The van der Waals surface area contributed by atoms with Crippen LogP contribution in [0.25, 0.3) is 0 Å². The van der Waals surface area contributed by atoms with E-state index in [0.717, 1.165) is 23.1 Å². The van der Waals surface area contributed by atoms with Gasteiger partial charge in [-0.15, -0.1) is 0 Å². The molecule has 4 nitrogen and oxygen atoms in total. The molecule has 0 aliphatic carbocycles. The van der Waals surface area contributed by atoms with Gasteiger partial charge in [0.15, 0.2) is 0 Å². The molecule has 0 spiro atoms. The molecule has 0 aliphatic heterocycles. The molecule has 0 fully saturated rings. The Labute approximate surface area is 144 Å². The van der Waals surface area contributed by atoms with Crippen LogP contribution in [0.1, 0.15) is 30.1 Å². The maximum atomic E-state index is 12.5. The van der Waals surface area contributed by atoms with Crippen LogP contribution < -0.4 is 14.8 Å². The van der Waals surface area contributed by atoms with Crippen LogP contribution in [-0.2, 0) is 0 Å². The van der Waals surface area contributed by atoms with E-state index in [2.05, 4.69) is 28.2 Å². The maximum Gasteiger partial charge on any atom is 0.259 e. The zero-order valence-corrected chi connectivity index (χ0v) is 14.9. The van der Waals surface area contributed by atoms with Gasteiger partial charge in [-0.1, -0.05) is 29.3 Å². The van der Waals surface area contributed by atoms with E-state index in [4.69, 9.17) is 9.47 Å². The predicted molar refractivity (Wildman–Crippen MR) is 95.5 cm³/mol. The molecule has 1 amide bonds. The number of halogens is 1. The number of amides is 1. The lowest BCUT2D eigenvalue weighted by molar-refractivity contribution is 0.102. The summed E-state index contributed by atoms with van der Waals surface area (Å²) in [5, 5.41) is 2.87. The van der Waals surface area contributed by atoms with Crippen LogP contribution in [0.4, 0.5) is 5.69 Å². The molecule has 122 valence electrons. The van der Waals surface area contributed by atoms with Gasteiger partial charge in [-0.25, -0.2) is 0 Å². The van der Waals surface area contributed by atoms with Gasteiger partial charge in [0.25, 0.3) is 5.91 Å². The fourth-order valence-corrected chi connectivity index (χ4v) is 2.37. The number of anilines is 1. The Kier molecular flexibility index (Phi) is 6.47. The molecular formula is C18H20BrNO3. The third kappa shape index (κ3) is 4.99. The summed E-state index contributed by atoms with van der Waals surface area (Å²) in [4.78, 5) is 12.5. The van der Waals surface area contributed by atoms with E-state index in [1.165, 1.54) is 0 Å². The van der Waals surface area contributed by atoms with E-state index in [1.807, 2.05) is 12.1 Å². The van der Waals surface area contributed by atoms with E-state index in [-0.39, 0.29) is 5.91 Å². The van der Waals surface area contributed by atoms with Gasteiger partial charge in [-0.3, -0.25) is 4.79 Å². The number of hydrogen-bond donors (Lipinski definition) is 1. The standard InChI is InChI=1S/C18H20BrNO3/c1-3-4-11-23-17-10-5-13(19)12-16(17)18(21)20-14-6-8-15(22-2)9-7-14/h5-10,12H,3-4,11H2,1-2H3,(H,20,21). The van der Waals surface area contributed by atoms with Crippen molar-refractivity contribution in [1.29, 1.82) is 0 Å². The van der Waals surface area contributed by atoms with Crippen LogP contribution in [-0.4, -0.2) is 19.6 Å². The second-order valence-electron chi connectivity index (χ2n) is 5.03. The molecule has 1 N–H and O–H groups in total. The second kappa shape index (κ2) is 8.58. The average molecular weight is 378 g/mol. The van der Waals surface area contributed by atoms with Crippen LogP contribution in [0.3, 0.4) is 0 Å². The highest BCUT2D eigenvalue weighted by atomic mass is 79.9. The summed E-state index contributed by atoms with van der Waals surface area (Å²) in [5.41, 5.74) is 1.21. The number of methoxy groups -OCH3 is 1. The number of nitrogens with one attached hydrogen (secondary N) is 1. The first kappa shape index (κ1) is 17.3. The van der Waals surface area contributed by atoms with Crippen molar-refractivity contribution in [1.82, 2.24) is 0 Å². The van der Waals surface area contributed by atoms with Crippen molar-refractivity contribution in [2.24, 2.45) is 0 Å². The molecule has 0 heterocycles. The van der Waals surface area contributed by atoms with Crippen molar-refractivity contribution in [3.63, 3.8) is 0 Å². The maximum absolute atomic E-state index is 12.5. The van der Waals surface area contributed by atoms with Crippen molar-refractivity contribution < 1.29 is 14.3 Å². The van der Waals surface area contributed by atoms with Crippen LogP contribution >= 0.6 is 15.9 Å². The molecule has 0 aliphatic rings. The fraction of sp³-hybridized carbons (Fsp3) is 0.278. The number of rotatable bonds is 7. The summed E-state index contributed by atoms with van der Waals surface area (Å²) in [6, 6.07) is 12.6. The second-order valence-corrected chi connectivity index (χ2v) is 5.94. The molecule has 0 saturated carbocycles. The van der Waals surface area contributed by atoms with Gasteiger partial charge in [0, 0.05) is 10.2 Å². The zero-order valence-electron chi connectivity index (χ0n) is 13.3. The van der Waals surface area contributed by atoms with Gasteiger partial charge in [0.05, 0.1) is 19.3 Å². The minimum atomic E-state index is -0.206. The lowest BCUT2D eigenvalue weighted by atomic mass is 10.1. The van der Waals surface area contributed by atoms with E-state index in [0.29, 0.717) is 23.6 Å². The third-order valence-electron chi connectivity index (χ3n) is 3.29. The molecule has 0 unspecified atom stereocenters. The van der Waals surface area contributed by atoms with Crippen LogP contribution in [0, 0.1) is 0 Å². The first-order valence-electron chi connectivity index (χ1n) is 7.51. The highest BCUT2D eigenvalue weighted by molar-refractivity contribution is 9.10. The van der Waals surface area contributed by atoms with E-state index >= 15 is 0 Å². The summed E-state index contributed by atoms with van der Waals surface area (Å²) >= 11 is 3.40. The Hall–Kier alpha value is -2.01. The van der Waals surface area contributed by atoms with Gasteiger partial charge >= 0.3 is 0 Å². The average Bonchev–Trinajstić information content (AvgIpc) is 2.57. The van der Waals surface area contributed by atoms with Gasteiger partial charge in [-0.2, -0.15) is 0 Å². The SMILES string of the molecule is CCCCOc1ccc(Br)cc1C(=O)Nc1ccc(OC)cc1. The predicted octanol–water partition coefficient (Wildman–Crippen LogP) is 4.89. The molecular weight excluding hydrogens is 358 g/mol. The van der Waals surface area contributed by atoms with Crippen molar-refractivity contribution in [3.05, 3.63) is 52.5 Å². The number of hydrogen-bond acceptors (Lipinski definition) is 3. The summed E-state index contributed by atoms with van der Waals surface area (Å²) in [5.74, 6) is 1.13. The van der Waals surface area contributed by atoms with Gasteiger partial charge in [0.2, 0.25) is 0 Å². The number of benzene rings is 2. The number of unbranched alkanes of at least 4 members (excludes halogenated alkanes) is 1. The molecule has 2 aromatic rings. The van der Waals surface area contributed by atoms with Gasteiger partial charge in [0.1, 0.15) is 11.5 Å². The molecule has 0 radical (unpaired) electrons. The summed E-state index contributed by atoms with van der Waals surface area (Å²) < 4.78 is 11.7. The Morgan fingerprint density at radius 2 is 1.91 bits per heavy atom. The fourth-order valence-electron chi connectivity index (χ4n) is 2.00. The normalized spacial score (nSPS) is 10.2. The first-order valence-corrected chi connectivity index (χ1v) is 8.31. The zero-order chi connectivity index (χ0) is 16.7. The number of carbonyl (C=O) groups excluding carboxylic acids is 1. The summed E-state index contributed by atoms with van der Waals surface area (Å²) in [6.07, 6.45) is 2.00. The molecule has 2 aromatic carbocycles. The minimum Gasteiger partial charge on any atom is -0.497 e. The highest BCUT2D eigenvalue weighted by Gasteiger charge is 2.14. The van der Waals surface area contributed by atoms with Crippen LogP contribution in [0.5, 0.6) is 11.5 Å². The Bertz CT molecular complexity index is 656. The minimum absolute atomic E-state index is 0.206. The molecule has 23 heavy (non-hydrogen) atoms. The lowest BCUT2D eigenvalue weighted by Gasteiger charge is -2.12. The van der Waals surface area contributed by atoms with E-state index < -0.39 is 0 Å². The van der Waals surface area contributed by atoms with Crippen LogP contribution in [0.15, 0.2) is 46.9 Å². The monoisotopic (exact) mass is 377 g/mol. The van der Waals surface area contributed by atoms with E-state index in [9.17, 15) is 4.79 Å². The third-order valence-corrected chi connectivity index (χ3v) is 3.78. The first-order chi connectivity index (χ1) is 11.1. The van der Waals surface area contributed by atoms with E-state index in [1.54, 1.807) is 37.4 Å². The lowest BCUT2D eigenvalue weighted by Crippen LogP contribution is -2.14. The van der Waals surface area contributed by atoms with Crippen molar-refractivity contribution >= 4 is 27.5 Å². The number of carbonyl (C=O) groups is 1. The summed E-state index contributed by atoms with van der Waals surface area (Å²) in [7, 11) is 1.61.